The highest BCUT2D eigenvalue weighted by Gasteiger charge is 2.22. The van der Waals surface area contributed by atoms with Crippen molar-refractivity contribution in [2.45, 2.75) is 26.2 Å². The summed E-state index contributed by atoms with van der Waals surface area (Å²) in [5.74, 6) is 1.46. The molecule has 0 N–H and O–H groups in total. The Kier molecular flexibility index (Phi) is 4.04. The molecule has 1 fully saturated rings. The molecule has 1 aromatic carbocycles. The number of nitrogens with zero attached hydrogens (tertiary/aromatic N) is 2. The van der Waals surface area contributed by atoms with Crippen LogP contribution in [0.2, 0.25) is 0 Å². The average Bonchev–Trinajstić information content (AvgIpc) is 2.97. The van der Waals surface area contributed by atoms with Crippen molar-refractivity contribution in [3.8, 4) is 11.3 Å². The molecule has 4 heteroatoms. The molecule has 0 aliphatic carbocycles. The van der Waals surface area contributed by atoms with Crippen molar-refractivity contribution in [3.63, 3.8) is 0 Å². The number of benzene rings is 1. The SMILES string of the molecule is C[C@@H]1CCCN(C(=O)Cc2cc(-c3ccccc3)on2)C1. The first-order valence-electron chi connectivity index (χ1n) is 7.51. The molecule has 0 radical (unpaired) electrons. The summed E-state index contributed by atoms with van der Waals surface area (Å²) in [5.41, 5.74) is 1.69. The molecule has 2 aromatic rings. The molecule has 110 valence electrons. The summed E-state index contributed by atoms with van der Waals surface area (Å²) < 4.78 is 5.34. The maximum absolute atomic E-state index is 12.3. The van der Waals surface area contributed by atoms with E-state index in [1.807, 2.05) is 41.3 Å². The maximum atomic E-state index is 12.3. The van der Waals surface area contributed by atoms with E-state index in [0.717, 1.165) is 25.1 Å². The third kappa shape index (κ3) is 3.32. The molecule has 1 aliphatic rings. The standard InChI is InChI=1S/C17H20N2O2/c1-13-6-5-9-19(12-13)17(20)11-15-10-16(21-18-15)14-7-3-2-4-8-14/h2-4,7-8,10,13H,5-6,9,11-12H2,1H3/t13-/m1/s1. The van der Waals surface area contributed by atoms with Crippen LogP contribution >= 0.6 is 0 Å². The van der Waals surface area contributed by atoms with Gasteiger partial charge in [0.1, 0.15) is 0 Å². The minimum absolute atomic E-state index is 0.148. The normalized spacial score (nSPS) is 18.7. The first-order chi connectivity index (χ1) is 10.2. The third-order valence-corrected chi connectivity index (χ3v) is 3.96. The lowest BCUT2D eigenvalue weighted by atomic mass is 10.00. The molecule has 0 spiro atoms. The van der Waals surface area contributed by atoms with E-state index >= 15 is 0 Å². The minimum Gasteiger partial charge on any atom is -0.356 e. The van der Waals surface area contributed by atoms with E-state index in [2.05, 4.69) is 12.1 Å². The van der Waals surface area contributed by atoms with Crippen LogP contribution in [0.5, 0.6) is 0 Å². The van der Waals surface area contributed by atoms with Gasteiger partial charge in [-0.3, -0.25) is 4.79 Å². The summed E-state index contributed by atoms with van der Waals surface area (Å²) in [7, 11) is 0. The highest BCUT2D eigenvalue weighted by molar-refractivity contribution is 5.78. The van der Waals surface area contributed by atoms with E-state index in [1.54, 1.807) is 0 Å². The molecule has 0 saturated carbocycles. The highest BCUT2D eigenvalue weighted by Crippen LogP contribution is 2.21. The second-order valence-corrected chi connectivity index (χ2v) is 5.81. The van der Waals surface area contributed by atoms with Crippen LogP contribution in [-0.4, -0.2) is 29.1 Å². The molecule has 4 nitrogen and oxygen atoms in total. The van der Waals surface area contributed by atoms with Crippen LogP contribution < -0.4 is 0 Å². The Morgan fingerprint density at radius 2 is 2.19 bits per heavy atom. The van der Waals surface area contributed by atoms with Gasteiger partial charge in [-0.05, 0) is 18.8 Å². The number of carbonyl (C=O) groups is 1. The van der Waals surface area contributed by atoms with Gasteiger partial charge in [-0.1, -0.05) is 42.4 Å². The fourth-order valence-corrected chi connectivity index (χ4v) is 2.82. The lowest BCUT2D eigenvalue weighted by molar-refractivity contribution is -0.132. The van der Waals surface area contributed by atoms with Crippen molar-refractivity contribution in [3.05, 3.63) is 42.1 Å². The van der Waals surface area contributed by atoms with Crippen LogP contribution in [0.3, 0.4) is 0 Å². The molecule has 2 heterocycles. The van der Waals surface area contributed by atoms with Crippen LogP contribution in [0.4, 0.5) is 0 Å². The third-order valence-electron chi connectivity index (χ3n) is 3.96. The minimum atomic E-state index is 0.148. The van der Waals surface area contributed by atoms with Gasteiger partial charge in [-0.2, -0.15) is 0 Å². The maximum Gasteiger partial charge on any atom is 0.228 e. The number of likely N-dealkylation sites (tertiary alicyclic amines) is 1. The molecule has 0 bridgehead atoms. The highest BCUT2D eigenvalue weighted by atomic mass is 16.5. The number of carbonyl (C=O) groups excluding carboxylic acids is 1. The van der Waals surface area contributed by atoms with Crippen LogP contribution in [-0.2, 0) is 11.2 Å². The van der Waals surface area contributed by atoms with Crippen LogP contribution in [0.15, 0.2) is 40.9 Å². The predicted octanol–water partition coefficient (Wildman–Crippen LogP) is 3.14. The van der Waals surface area contributed by atoms with Gasteiger partial charge in [-0.25, -0.2) is 0 Å². The zero-order valence-electron chi connectivity index (χ0n) is 12.3. The van der Waals surface area contributed by atoms with E-state index < -0.39 is 0 Å². The van der Waals surface area contributed by atoms with Gasteiger partial charge < -0.3 is 9.42 Å². The molecule has 3 rings (SSSR count). The van der Waals surface area contributed by atoms with Gasteiger partial charge in [0.25, 0.3) is 0 Å². The van der Waals surface area contributed by atoms with E-state index in [1.165, 1.54) is 6.42 Å². The lowest BCUT2D eigenvalue weighted by Gasteiger charge is -2.30. The van der Waals surface area contributed by atoms with Crippen molar-refractivity contribution in [1.82, 2.24) is 10.1 Å². The van der Waals surface area contributed by atoms with E-state index in [0.29, 0.717) is 23.8 Å². The van der Waals surface area contributed by atoms with Crippen LogP contribution in [0, 0.1) is 5.92 Å². The first-order valence-corrected chi connectivity index (χ1v) is 7.51. The fourth-order valence-electron chi connectivity index (χ4n) is 2.82. The molecule has 1 saturated heterocycles. The second-order valence-electron chi connectivity index (χ2n) is 5.81. The summed E-state index contributed by atoms with van der Waals surface area (Å²) >= 11 is 0. The van der Waals surface area contributed by atoms with E-state index in [-0.39, 0.29) is 5.91 Å². The molecule has 0 unspecified atom stereocenters. The van der Waals surface area contributed by atoms with Gasteiger partial charge in [-0.15, -0.1) is 0 Å². The summed E-state index contributed by atoms with van der Waals surface area (Å²) in [5, 5.41) is 4.02. The lowest BCUT2D eigenvalue weighted by Crippen LogP contribution is -2.39. The zero-order valence-corrected chi connectivity index (χ0v) is 12.3. The van der Waals surface area contributed by atoms with Crippen molar-refractivity contribution in [1.29, 1.82) is 0 Å². The van der Waals surface area contributed by atoms with Crippen LogP contribution in [0.1, 0.15) is 25.5 Å². The Hall–Kier alpha value is -2.10. The number of hydrogen-bond donors (Lipinski definition) is 0. The Bertz CT molecular complexity index is 606. The Balaban J connectivity index is 1.66. The molecule has 1 aromatic heterocycles. The zero-order chi connectivity index (χ0) is 14.7. The number of aromatic nitrogens is 1. The van der Waals surface area contributed by atoms with Gasteiger partial charge in [0, 0.05) is 24.7 Å². The summed E-state index contributed by atoms with van der Waals surface area (Å²) in [4.78, 5) is 14.3. The molecule has 1 aliphatic heterocycles. The number of piperidine rings is 1. The molecular formula is C17H20N2O2. The fraction of sp³-hybridized carbons (Fsp3) is 0.412. The molecule has 21 heavy (non-hydrogen) atoms. The topological polar surface area (TPSA) is 46.3 Å². The van der Waals surface area contributed by atoms with Gasteiger partial charge in [0.2, 0.25) is 5.91 Å². The van der Waals surface area contributed by atoms with Crippen molar-refractivity contribution in [2.24, 2.45) is 5.92 Å². The predicted molar refractivity (Wildman–Crippen MR) is 80.6 cm³/mol. The largest absolute Gasteiger partial charge is 0.356 e. The van der Waals surface area contributed by atoms with Gasteiger partial charge >= 0.3 is 0 Å². The monoisotopic (exact) mass is 284 g/mol. The smallest absolute Gasteiger partial charge is 0.228 e. The van der Waals surface area contributed by atoms with Crippen LogP contribution in [0.25, 0.3) is 11.3 Å². The summed E-state index contributed by atoms with van der Waals surface area (Å²) in [6.45, 7) is 3.93. The number of hydrogen-bond acceptors (Lipinski definition) is 3. The quantitative estimate of drug-likeness (QED) is 0.870. The Labute approximate surface area is 124 Å². The summed E-state index contributed by atoms with van der Waals surface area (Å²) in [6, 6.07) is 11.7. The molecule has 1 amide bonds. The van der Waals surface area contributed by atoms with E-state index in [9.17, 15) is 4.79 Å². The average molecular weight is 284 g/mol. The van der Waals surface area contributed by atoms with Crippen molar-refractivity contribution < 1.29 is 9.32 Å². The van der Waals surface area contributed by atoms with Crippen molar-refractivity contribution >= 4 is 5.91 Å². The van der Waals surface area contributed by atoms with Crippen molar-refractivity contribution in [2.75, 3.05) is 13.1 Å². The van der Waals surface area contributed by atoms with Gasteiger partial charge in [0.05, 0.1) is 12.1 Å². The molecule has 1 atom stereocenters. The summed E-state index contributed by atoms with van der Waals surface area (Å²) in [6.07, 6.45) is 2.63. The Morgan fingerprint density at radius 3 is 2.95 bits per heavy atom. The Morgan fingerprint density at radius 1 is 1.38 bits per heavy atom. The number of rotatable bonds is 3. The molecular weight excluding hydrogens is 264 g/mol. The van der Waals surface area contributed by atoms with Gasteiger partial charge in [0.15, 0.2) is 5.76 Å². The first kappa shape index (κ1) is 13.9. The van der Waals surface area contributed by atoms with E-state index in [4.69, 9.17) is 4.52 Å². The number of amides is 1. The second kappa shape index (κ2) is 6.12.